The highest BCUT2D eigenvalue weighted by Crippen LogP contribution is 2.32. The van der Waals surface area contributed by atoms with Crippen LogP contribution in [0, 0.1) is 5.82 Å². The highest BCUT2D eigenvalue weighted by molar-refractivity contribution is 7.89. The predicted octanol–water partition coefficient (Wildman–Crippen LogP) is 4.87. The van der Waals surface area contributed by atoms with Gasteiger partial charge in [-0.2, -0.15) is 17.5 Å². The van der Waals surface area contributed by atoms with Crippen molar-refractivity contribution in [1.29, 1.82) is 0 Å². The van der Waals surface area contributed by atoms with Crippen LogP contribution in [-0.2, 0) is 34.1 Å². The van der Waals surface area contributed by atoms with Crippen LogP contribution in [0.4, 0.5) is 23.4 Å². The zero-order valence-electron chi connectivity index (χ0n) is 25.6. The summed E-state index contributed by atoms with van der Waals surface area (Å²) in [6.45, 7) is 3.59. The highest BCUT2D eigenvalue weighted by atomic mass is 32.2. The van der Waals surface area contributed by atoms with Gasteiger partial charge in [0, 0.05) is 63.8 Å². The lowest BCUT2D eigenvalue weighted by atomic mass is 10.1. The van der Waals surface area contributed by atoms with E-state index in [1.165, 1.54) is 18.2 Å². The zero-order chi connectivity index (χ0) is 33.9. The topological polar surface area (TPSA) is 98.7 Å². The van der Waals surface area contributed by atoms with Crippen molar-refractivity contribution in [3.63, 3.8) is 0 Å². The van der Waals surface area contributed by atoms with Gasteiger partial charge in [-0.1, -0.05) is 24.3 Å². The number of hydrogen-bond donors (Lipinski definition) is 1. The summed E-state index contributed by atoms with van der Waals surface area (Å²) in [5, 5.41) is 2.81. The molecule has 1 amide bonds. The number of benzene rings is 2. The van der Waals surface area contributed by atoms with Crippen molar-refractivity contribution in [2.45, 2.75) is 30.2 Å². The molecule has 2 aromatic carbocycles. The average molecular weight is 681 g/mol. The second kappa shape index (κ2) is 13.8. The lowest BCUT2D eigenvalue weighted by molar-refractivity contribution is -0.137. The van der Waals surface area contributed by atoms with Gasteiger partial charge in [-0.3, -0.25) is 14.7 Å². The van der Waals surface area contributed by atoms with Crippen LogP contribution in [0.5, 0.6) is 0 Å². The number of sulfonamides is 1. The summed E-state index contributed by atoms with van der Waals surface area (Å²) in [4.78, 5) is 26.5. The van der Waals surface area contributed by atoms with Gasteiger partial charge >= 0.3 is 6.18 Å². The van der Waals surface area contributed by atoms with Crippen molar-refractivity contribution in [3.05, 3.63) is 120 Å². The summed E-state index contributed by atoms with van der Waals surface area (Å²) in [5.74, 6) is -0.530. The molecule has 2 aromatic heterocycles. The Bertz CT molecular complexity index is 1880. The molecule has 1 fully saturated rings. The summed E-state index contributed by atoms with van der Waals surface area (Å²) in [6.07, 6.45) is 2.10. The van der Waals surface area contributed by atoms with Crippen molar-refractivity contribution >= 4 is 21.7 Å². The number of amides is 1. The fraction of sp³-hybridized carbons (Fsp3) is 0.265. The molecule has 2 aliphatic heterocycles. The van der Waals surface area contributed by atoms with E-state index in [9.17, 15) is 30.8 Å². The molecule has 1 saturated heterocycles. The quantitative estimate of drug-likeness (QED) is 0.199. The van der Waals surface area contributed by atoms with Gasteiger partial charge in [0.2, 0.25) is 15.9 Å². The summed E-state index contributed by atoms with van der Waals surface area (Å²) >= 11 is 0. The maximum Gasteiger partial charge on any atom is 0.416 e. The Balaban J connectivity index is 1.20. The number of carbonyl (C=O) groups excluding carboxylic acids is 1. The Labute approximate surface area is 275 Å². The molecule has 48 heavy (non-hydrogen) atoms. The van der Waals surface area contributed by atoms with E-state index >= 15 is 0 Å². The van der Waals surface area contributed by atoms with E-state index in [-0.39, 0.29) is 18.0 Å². The zero-order valence-corrected chi connectivity index (χ0v) is 26.5. The first kappa shape index (κ1) is 33.2. The van der Waals surface area contributed by atoms with Gasteiger partial charge in [0.25, 0.3) is 0 Å². The first-order valence-corrected chi connectivity index (χ1v) is 16.7. The van der Waals surface area contributed by atoms with Crippen LogP contribution in [0.2, 0.25) is 0 Å². The molecule has 0 saturated carbocycles. The Morgan fingerprint density at radius 2 is 1.58 bits per heavy atom. The third kappa shape index (κ3) is 7.56. The van der Waals surface area contributed by atoms with E-state index in [2.05, 4.69) is 20.1 Å². The van der Waals surface area contributed by atoms with Gasteiger partial charge in [-0.05, 0) is 71.8 Å². The SMILES string of the molecule is O=C(NCc1cc(-c2ccc(C(F)(F)F)cc2)nc(N2CCN(Cc3ccncc3)CC2)c1)[C@@H]1C=CCN1S(=O)(=O)c1ccc(F)cc1. The number of nitrogens with zero attached hydrogens (tertiary/aromatic N) is 5. The number of hydrogen-bond acceptors (Lipinski definition) is 7. The van der Waals surface area contributed by atoms with Crippen molar-refractivity contribution in [2.24, 2.45) is 0 Å². The lowest BCUT2D eigenvalue weighted by Crippen LogP contribution is -2.46. The first-order valence-electron chi connectivity index (χ1n) is 15.2. The predicted molar refractivity (Wildman–Crippen MR) is 171 cm³/mol. The second-order valence-corrected chi connectivity index (χ2v) is 13.4. The molecule has 0 bridgehead atoms. The monoisotopic (exact) mass is 680 g/mol. The van der Waals surface area contributed by atoms with Crippen molar-refractivity contribution in [2.75, 3.05) is 37.6 Å². The molecule has 9 nitrogen and oxygen atoms in total. The maximum absolute atomic E-state index is 13.4. The number of carbonyl (C=O) groups is 1. The molecule has 250 valence electrons. The second-order valence-electron chi connectivity index (χ2n) is 11.5. The molecule has 0 aliphatic carbocycles. The Kier molecular flexibility index (Phi) is 9.58. The first-order chi connectivity index (χ1) is 23.0. The molecule has 14 heteroatoms. The minimum Gasteiger partial charge on any atom is -0.354 e. The number of halogens is 4. The molecule has 2 aliphatic rings. The van der Waals surface area contributed by atoms with E-state index in [1.54, 1.807) is 24.5 Å². The van der Waals surface area contributed by atoms with Gasteiger partial charge in [0.1, 0.15) is 17.7 Å². The Morgan fingerprint density at radius 1 is 0.896 bits per heavy atom. The number of nitrogens with one attached hydrogen (secondary N) is 1. The highest BCUT2D eigenvalue weighted by Gasteiger charge is 2.36. The number of rotatable bonds is 9. The van der Waals surface area contributed by atoms with Crippen LogP contribution in [0.15, 0.2) is 102 Å². The van der Waals surface area contributed by atoms with Crippen molar-refractivity contribution in [3.8, 4) is 11.3 Å². The molecular weight excluding hydrogens is 648 g/mol. The summed E-state index contributed by atoms with van der Waals surface area (Å²) in [7, 11) is -4.10. The maximum atomic E-state index is 13.4. The largest absolute Gasteiger partial charge is 0.416 e. The normalized spacial score (nSPS) is 17.5. The summed E-state index contributed by atoms with van der Waals surface area (Å²) < 4.78 is 80.7. The molecule has 1 N–H and O–H groups in total. The summed E-state index contributed by atoms with van der Waals surface area (Å²) in [6, 6.07) is 15.5. The van der Waals surface area contributed by atoms with Gasteiger partial charge in [-0.25, -0.2) is 17.8 Å². The molecule has 0 unspecified atom stereocenters. The summed E-state index contributed by atoms with van der Waals surface area (Å²) in [5.41, 5.74) is 1.93. The molecule has 6 rings (SSSR count). The molecule has 0 spiro atoms. The fourth-order valence-electron chi connectivity index (χ4n) is 5.70. The molecular formula is C34H32F4N6O3S. The number of pyridine rings is 2. The smallest absolute Gasteiger partial charge is 0.354 e. The number of piperazine rings is 1. The number of anilines is 1. The third-order valence-electron chi connectivity index (χ3n) is 8.30. The van der Waals surface area contributed by atoms with Crippen LogP contribution in [0.3, 0.4) is 0 Å². The fourth-order valence-corrected chi connectivity index (χ4v) is 7.20. The molecule has 4 heterocycles. The van der Waals surface area contributed by atoms with Crippen molar-refractivity contribution < 1.29 is 30.8 Å². The van der Waals surface area contributed by atoms with E-state index in [0.29, 0.717) is 35.7 Å². The van der Waals surface area contributed by atoms with Gasteiger partial charge in [0.15, 0.2) is 0 Å². The Hall–Kier alpha value is -4.66. The van der Waals surface area contributed by atoms with E-state index < -0.39 is 39.5 Å². The lowest BCUT2D eigenvalue weighted by Gasteiger charge is -2.35. The van der Waals surface area contributed by atoms with Crippen LogP contribution >= 0.6 is 0 Å². The Morgan fingerprint density at radius 3 is 2.25 bits per heavy atom. The molecule has 0 radical (unpaired) electrons. The minimum atomic E-state index is -4.48. The molecule has 4 aromatic rings. The van der Waals surface area contributed by atoms with Crippen LogP contribution in [-0.4, -0.2) is 72.3 Å². The molecule has 1 atom stereocenters. The van der Waals surface area contributed by atoms with Gasteiger partial charge < -0.3 is 10.2 Å². The number of alkyl halides is 3. The van der Waals surface area contributed by atoms with E-state index in [0.717, 1.165) is 65.9 Å². The van der Waals surface area contributed by atoms with Crippen LogP contribution in [0.25, 0.3) is 11.3 Å². The standard InChI is InChI=1S/C34H32F4N6O3S/c35-28-7-9-29(10-8-28)48(46,47)44-15-1-2-31(44)33(45)40-22-25-20-30(26-3-5-27(6-4-26)34(36,37)38)41-32(21-25)43-18-16-42(17-19-43)23-24-11-13-39-14-12-24/h1-14,20-21,31H,15-19,22-23H2,(H,40,45)/t31-/m0/s1. The van der Waals surface area contributed by atoms with E-state index in [1.807, 2.05) is 18.2 Å². The van der Waals surface area contributed by atoms with Gasteiger partial charge in [0.05, 0.1) is 16.2 Å². The van der Waals surface area contributed by atoms with Crippen LogP contribution < -0.4 is 10.2 Å². The van der Waals surface area contributed by atoms with Gasteiger partial charge in [-0.15, -0.1) is 0 Å². The van der Waals surface area contributed by atoms with Crippen molar-refractivity contribution in [1.82, 2.24) is 24.5 Å². The number of aromatic nitrogens is 2. The minimum absolute atomic E-state index is 0.0127. The third-order valence-corrected chi connectivity index (χ3v) is 10.2. The van der Waals surface area contributed by atoms with E-state index in [4.69, 9.17) is 4.98 Å². The average Bonchev–Trinajstić information content (AvgIpc) is 3.59. The van der Waals surface area contributed by atoms with Crippen LogP contribution in [0.1, 0.15) is 16.7 Å².